The van der Waals surface area contributed by atoms with Gasteiger partial charge in [0.2, 0.25) is 0 Å². The van der Waals surface area contributed by atoms with E-state index in [9.17, 15) is 4.39 Å². The molecule has 2 rings (SSSR count). The normalized spacial score (nSPS) is 12.4. The van der Waals surface area contributed by atoms with Gasteiger partial charge in [0, 0.05) is 15.4 Å². The maximum atomic E-state index is 14.1. The van der Waals surface area contributed by atoms with Crippen LogP contribution >= 0.6 is 27.7 Å². The molecule has 0 radical (unpaired) electrons. The SMILES string of the molecule is CNC(C)c1cccc(F)c1Sc1ccccc1Br. The number of hydrogen-bond donors (Lipinski definition) is 1. The standard InChI is InChI=1S/C15H15BrFNS/c1-10(18-2)11-6-5-8-13(17)15(11)19-14-9-4-3-7-12(14)16/h3-10,18H,1-2H3. The Kier molecular flexibility index (Phi) is 5.02. The second kappa shape index (κ2) is 6.55. The van der Waals surface area contributed by atoms with Gasteiger partial charge in [-0.05, 0) is 53.7 Å². The Hall–Kier alpha value is -0.840. The first-order valence-electron chi connectivity index (χ1n) is 6.01. The second-order valence-electron chi connectivity index (χ2n) is 4.20. The van der Waals surface area contributed by atoms with Gasteiger partial charge in [0.05, 0.1) is 4.90 Å². The summed E-state index contributed by atoms with van der Waals surface area (Å²) < 4.78 is 15.1. The van der Waals surface area contributed by atoms with Crippen LogP contribution in [0.4, 0.5) is 4.39 Å². The summed E-state index contributed by atoms with van der Waals surface area (Å²) in [6, 6.07) is 13.2. The number of nitrogens with one attached hydrogen (secondary N) is 1. The van der Waals surface area contributed by atoms with Crippen molar-refractivity contribution >= 4 is 27.7 Å². The maximum Gasteiger partial charge on any atom is 0.137 e. The van der Waals surface area contributed by atoms with Gasteiger partial charge < -0.3 is 5.32 Å². The van der Waals surface area contributed by atoms with E-state index in [0.29, 0.717) is 4.90 Å². The molecule has 1 nitrogen and oxygen atoms in total. The summed E-state index contributed by atoms with van der Waals surface area (Å²) in [5, 5.41) is 3.16. The van der Waals surface area contributed by atoms with Crippen LogP contribution in [-0.4, -0.2) is 7.05 Å². The fourth-order valence-corrected chi connectivity index (χ4v) is 3.36. The zero-order valence-electron chi connectivity index (χ0n) is 10.8. The zero-order valence-corrected chi connectivity index (χ0v) is 13.2. The molecule has 100 valence electrons. The van der Waals surface area contributed by atoms with Crippen LogP contribution in [0.2, 0.25) is 0 Å². The highest BCUT2D eigenvalue weighted by Crippen LogP contribution is 2.38. The van der Waals surface area contributed by atoms with Crippen LogP contribution in [0.5, 0.6) is 0 Å². The minimum Gasteiger partial charge on any atom is -0.313 e. The van der Waals surface area contributed by atoms with E-state index in [1.807, 2.05) is 44.3 Å². The molecule has 0 amide bonds. The molecule has 1 unspecified atom stereocenters. The molecule has 1 atom stereocenters. The third-order valence-electron chi connectivity index (χ3n) is 2.95. The number of benzene rings is 2. The summed E-state index contributed by atoms with van der Waals surface area (Å²) in [5.74, 6) is -0.180. The first kappa shape index (κ1) is 14.6. The Morgan fingerprint density at radius 1 is 1.16 bits per heavy atom. The van der Waals surface area contributed by atoms with E-state index in [4.69, 9.17) is 0 Å². The fourth-order valence-electron chi connectivity index (χ4n) is 1.77. The monoisotopic (exact) mass is 339 g/mol. The molecule has 19 heavy (non-hydrogen) atoms. The van der Waals surface area contributed by atoms with Crippen molar-refractivity contribution in [3.8, 4) is 0 Å². The summed E-state index contributed by atoms with van der Waals surface area (Å²) >= 11 is 4.95. The third-order valence-corrected chi connectivity index (χ3v) is 5.11. The average molecular weight is 340 g/mol. The molecule has 0 aliphatic heterocycles. The Labute approximate surface area is 125 Å². The van der Waals surface area contributed by atoms with Gasteiger partial charge >= 0.3 is 0 Å². The molecule has 0 bridgehead atoms. The van der Waals surface area contributed by atoms with Crippen LogP contribution in [0.3, 0.4) is 0 Å². The van der Waals surface area contributed by atoms with Gasteiger partial charge in [0.1, 0.15) is 5.82 Å². The molecule has 1 N–H and O–H groups in total. The minimum absolute atomic E-state index is 0.112. The first-order chi connectivity index (χ1) is 9.13. The van der Waals surface area contributed by atoms with E-state index in [0.717, 1.165) is 14.9 Å². The summed E-state index contributed by atoms with van der Waals surface area (Å²) in [6.45, 7) is 2.03. The van der Waals surface area contributed by atoms with Crippen molar-refractivity contribution in [1.29, 1.82) is 0 Å². The lowest BCUT2D eigenvalue weighted by atomic mass is 10.1. The van der Waals surface area contributed by atoms with Gasteiger partial charge in [0.25, 0.3) is 0 Å². The van der Waals surface area contributed by atoms with Crippen molar-refractivity contribution < 1.29 is 4.39 Å². The van der Waals surface area contributed by atoms with E-state index < -0.39 is 0 Å². The largest absolute Gasteiger partial charge is 0.313 e. The van der Waals surface area contributed by atoms with Crippen LogP contribution < -0.4 is 5.32 Å². The molecule has 0 saturated carbocycles. The molecule has 0 heterocycles. The molecule has 4 heteroatoms. The zero-order chi connectivity index (χ0) is 13.8. The maximum absolute atomic E-state index is 14.1. The average Bonchev–Trinajstić information content (AvgIpc) is 2.42. The lowest BCUT2D eigenvalue weighted by molar-refractivity contribution is 0.576. The molecule has 0 spiro atoms. The summed E-state index contributed by atoms with van der Waals surface area (Å²) in [7, 11) is 1.88. The van der Waals surface area contributed by atoms with E-state index in [1.54, 1.807) is 6.07 Å². The van der Waals surface area contributed by atoms with E-state index in [2.05, 4.69) is 21.2 Å². The molecule has 2 aromatic rings. The van der Waals surface area contributed by atoms with Crippen LogP contribution in [0.15, 0.2) is 56.7 Å². The number of rotatable bonds is 4. The van der Waals surface area contributed by atoms with Crippen molar-refractivity contribution in [3.05, 3.63) is 58.3 Å². The van der Waals surface area contributed by atoms with Crippen molar-refractivity contribution in [3.63, 3.8) is 0 Å². The highest BCUT2D eigenvalue weighted by Gasteiger charge is 2.15. The van der Waals surface area contributed by atoms with Gasteiger partial charge in [-0.15, -0.1) is 0 Å². The smallest absolute Gasteiger partial charge is 0.137 e. The molecule has 0 aromatic heterocycles. The molecule has 2 aromatic carbocycles. The molecule has 0 fully saturated rings. The van der Waals surface area contributed by atoms with Crippen LogP contribution in [0.25, 0.3) is 0 Å². The fraction of sp³-hybridized carbons (Fsp3) is 0.200. The van der Waals surface area contributed by atoms with Gasteiger partial charge in [-0.2, -0.15) is 0 Å². The predicted octanol–water partition coefficient (Wildman–Crippen LogP) is 5.02. The predicted molar refractivity (Wildman–Crippen MR) is 82.1 cm³/mol. The van der Waals surface area contributed by atoms with Crippen molar-refractivity contribution in [2.75, 3.05) is 7.05 Å². The Bertz CT molecular complexity index is 574. The Morgan fingerprint density at radius 3 is 2.58 bits per heavy atom. The van der Waals surface area contributed by atoms with Gasteiger partial charge in [-0.1, -0.05) is 36.0 Å². The lowest BCUT2D eigenvalue weighted by Crippen LogP contribution is -2.13. The van der Waals surface area contributed by atoms with Crippen LogP contribution in [0, 0.1) is 5.82 Å². The number of hydrogen-bond acceptors (Lipinski definition) is 2. The highest BCUT2D eigenvalue weighted by atomic mass is 79.9. The molecule has 0 aliphatic rings. The highest BCUT2D eigenvalue weighted by molar-refractivity contribution is 9.10. The minimum atomic E-state index is -0.180. The van der Waals surface area contributed by atoms with Crippen molar-refractivity contribution in [2.24, 2.45) is 0 Å². The summed E-state index contributed by atoms with van der Waals surface area (Å²) in [4.78, 5) is 1.69. The molecular formula is C15H15BrFNS. The van der Waals surface area contributed by atoms with Crippen molar-refractivity contribution in [2.45, 2.75) is 22.8 Å². The van der Waals surface area contributed by atoms with Gasteiger partial charge in [-0.25, -0.2) is 4.39 Å². The third kappa shape index (κ3) is 3.38. The van der Waals surface area contributed by atoms with Gasteiger partial charge in [-0.3, -0.25) is 0 Å². The quantitative estimate of drug-likeness (QED) is 0.839. The molecule has 0 aliphatic carbocycles. The lowest BCUT2D eigenvalue weighted by Gasteiger charge is -2.16. The molecule has 0 saturated heterocycles. The second-order valence-corrected chi connectivity index (χ2v) is 6.11. The Morgan fingerprint density at radius 2 is 1.89 bits per heavy atom. The van der Waals surface area contributed by atoms with Crippen LogP contribution in [0.1, 0.15) is 18.5 Å². The van der Waals surface area contributed by atoms with Crippen LogP contribution in [-0.2, 0) is 0 Å². The molecular weight excluding hydrogens is 325 g/mol. The van der Waals surface area contributed by atoms with E-state index in [-0.39, 0.29) is 11.9 Å². The number of halogens is 2. The summed E-state index contributed by atoms with van der Waals surface area (Å²) in [6.07, 6.45) is 0. The van der Waals surface area contributed by atoms with Crippen molar-refractivity contribution in [1.82, 2.24) is 5.32 Å². The Balaban J connectivity index is 2.42. The van der Waals surface area contributed by atoms with E-state index in [1.165, 1.54) is 17.8 Å². The van der Waals surface area contributed by atoms with Gasteiger partial charge in [0.15, 0.2) is 0 Å². The van der Waals surface area contributed by atoms with E-state index >= 15 is 0 Å². The summed E-state index contributed by atoms with van der Waals surface area (Å²) in [5.41, 5.74) is 0.975. The topological polar surface area (TPSA) is 12.0 Å². The first-order valence-corrected chi connectivity index (χ1v) is 7.62.